The molecule has 16 heavy (non-hydrogen) atoms. The van der Waals surface area contributed by atoms with Crippen LogP contribution in [0.15, 0.2) is 18.2 Å². The first kappa shape index (κ1) is 12.6. The highest BCUT2D eigenvalue weighted by Gasteiger charge is 2.27. The molecule has 0 aliphatic rings. The van der Waals surface area contributed by atoms with E-state index in [4.69, 9.17) is 5.73 Å². The lowest BCUT2D eigenvalue weighted by molar-refractivity contribution is -0.140. The molecule has 0 saturated carbocycles. The highest BCUT2D eigenvalue weighted by molar-refractivity contribution is 5.79. The second-order valence-electron chi connectivity index (χ2n) is 4.28. The van der Waals surface area contributed by atoms with Crippen LogP contribution in [0, 0.1) is 12.8 Å². The molecule has 0 aliphatic heterocycles. The van der Waals surface area contributed by atoms with Gasteiger partial charge in [-0.15, -0.1) is 0 Å². The molecule has 88 valence electrons. The third kappa shape index (κ3) is 2.35. The molecule has 0 fully saturated rings. The van der Waals surface area contributed by atoms with Crippen molar-refractivity contribution in [3.05, 3.63) is 29.3 Å². The molecule has 0 heterocycles. The van der Waals surface area contributed by atoms with Crippen LogP contribution in [0.2, 0.25) is 0 Å². The van der Waals surface area contributed by atoms with Gasteiger partial charge in [0, 0.05) is 5.69 Å². The molecule has 2 atom stereocenters. The van der Waals surface area contributed by atoms with Crippen LogP contribution >= 0.6 is 0 Å². The lowest BCUT2D eigenvalue weighted by atomic mass is 9.84. The fraction of sp³-hybridized carbons (Fsp3) is 0.462. The molecule has 2 unspecified atom stereocenters. The van der Waals surface area contributed by atoms with Gasteiger partial charge < -0.3 is 10.8 Å². The van der Waals surface area contributed by atoms with Gasteiger partial charge in [0.2, 0.25) is 0 Å². The average Bonchev–Trinajstić information content (AvgIpc) is 2.24. The van der Waals surface area contributed by atoms with Gasteiger partial charge in [0.1, 0.15) is 0 Å². The second-order valence-corrected chi connectivity index (χ2v) is 4.28. The molecule has 0 saturated heterocycles. The number of rotatable bonds is 4. The summed E-state index contributed by atoms with van der Waals surface area (Å²) >= 11 is 0. The summed E-state index contributed by atoms with van der Waals surface area (Å²) in [7, 11) is 0. The Hall–Kier alpha value is -1.51. The molecule has 3 nitrogen and oxygen atoms in total. The second kappa shape index (κ2) is 5.01. The van der Waals surface area contributed by atoms with Crippen molar-refractivity contribution in [3.63, 3.8) is 0 Å². The standard InChI is InChI=1S/C13H19NO2/c1-4-8(2)11(13(15)16)10-7-5-6-9(3)12(10)14/h5-8,11H,4,14H2,1-3H3,(H,15,16). The molecule has 0 bridgehead atoms. The van der Waals surface area contributed by atoms with Gasteiger partial charge in [-0.1, -0.05) is 38.5 Å². The van der Waals surface area contributed by atoms with E-state index in [1.807, 2.05) is 39.0 Å². The van der Waals surface area contributed by atoms with Crippen LogP contribution in [0.25, 0.3) is 0 Å². The Bertz CT molecular complexity index is 388. The van der Waals surface area contributed by atoms with Gasteiger partial charge in [-0.3, -0.25) is 4.79 Å². The monoisotopic (exact) mass is 221 g/mol. The zero-order valence-electron chi connectivity index (χ0n) is 10.0. The van der Waals surface area contributed by atoms with Gasteiger partial charge in [0.15, 0.2) is 0 Å². The summed E-state index contributed by atoms with van der Waals surface area (Å²) in [6.45, 7) is 5.83. The van der Waals surface area contributed by atoms with Gasteiger partial charge in [0.05, 0.1) is 5.92 Å². The summed E-state index contributed by atoms with van der Waals surface area (Å²) in [4.78, 5) is 11.3. The molecule has 1 rings (SSSR count). The number of aryl methyl sites for hydroxylation is 1. The fourth-order valence-corrected chi connectivity index (χ4v) is 1.89. The number of benzene rings is 1. The van der Waals surface area contributed by atoms with Crippen LogP contribution < -0.4 is 5.73 Å². The Labute approximate surface area is 96.3 Å². The van der Waals surface area contributed by atoms with E-state index in [1.54, 1.807) is 0 Å². The predicted molar refractivity (Wildman–Crippen MR) is 65.4 cm³/mol. The van der Waals surface area contributed by atoms with E-state index in [1.165, 1.54) is 0 Å². The van der Waals surface area contributed by atoms with Crippen molar-refractivity contribution in [2.45, 2.75) is 33.1 Å². The first-order valence-corrected chi connectivity index (χ1v) is 5.56. The number of carboxylic acid groups (broad SMARTS) is 1. The van der Waals surface area contributed by atoms with Gasteiger partial charge in [-0.05, 0) is 24.0 Å². The summed E-state index contributed by atoms with van der Waals surface area (Å²) in [5.74, 6) is -1.22. The lowest BCUT2D eigenvalue weighted by Crippen LogP contribution is -2.20. The minimum atomic E-state index is -0.799. The van der Waals surface area contributed by atoms with Crippen molar-refractivity contribution in [3.8, 4) is 0 Å². The fourth-order valence-electron chi connectivity index (χ4n) is 1.89. The lowest BCUT2D eigenvalue weighted by Gasteiger charge is -2.21. The number of anilines is 1. The zero-order valence-corrected chi connectivity index (χ0v) is 10.0. The maximum atomic E-state index is 11.3. The normalized spacial score (nSPS) is 14.4. The van der Waals surface area contributed by atoms with Gasteiger partial charge in [-0.25, -0.2) is 0 Å². The maximum absolute atomic E-state index is 11.3. The smallest absolute Gasteiger partial charge is 0.311 e. The van der Waals surface area contributed by atoms with Crippen LogP contribution in [0.5, 0.6) is 0 Å². The van der Waals surface area contributed by atoms with Crippen LogP contribution in [-0.2, 0) is 4.79 Å². The largest absolute Gasteiger partial charge is 0.481 e. The SMILES string of the molecule is CCC(C)C(C(=O)O)c1cccc(C)c1N. The number of nitrogens with two attached hydrogens (primary N) is 1. The molecule has 0 amide bonds. The van der Waals surface area contributed by atoms with E-state index in [2.05, 4.69) is 0 Å². The number of hydrogen-bond acceptors (Lipinski definition) is 2. The first-order chi connectivity index (χ1) is 7.49. The van der Waals surface area contributed by atoms with E-state index in [-0.39, 0.29) is 5.92 Å². The summed E-state index contributed by atoms with van der Waals surface area (Å²) < 4.78 is 0. The van der Waals surface area contributed by atoms with Crippen molar-refractivity contribution in [1.29, 1.82) is 0 Å². The number of carboxylic acids is 1. The quantitative estimate of drug-likeness (QED) is 0.768. The minimum Gasteiger partial charge on any atom is -0.481 e. The number of carbonyl (C=O) groups is 1. The van der Waals surface area contributed by atoms with Crippen molar-refractivity contribution in [2.24, 2.45) is 5.92 Å². The molecular weight excluding hydrogens is 202 g/mol. The van der Waals surface area contributed by atoms with Crippen LogP contribution in [0.4, 0.5) is 5.69 Å². The molecule has 0 spiro atoms. The summed E-state index contributed by atoms with van der Waals surface area (Å²) in [5, 5.41) is 9.29. The third-order valence-corrected chi connectivity index (χ3v) is 3.17. The summed E-state index contributed by atoms with van der Waals surface area (Å²) in [5.41, 5.74) is 8.23. The van der Waals surface area contributed by atoms with Crippen molar-refractivity contribution >= 4 is 11.7 Å². The highest BCUT2D eigenvalue weighted by atomic mass is 16.4. The number of nitrogen functional groups attached to an aromatic ring is 1. The number of para-hydroxylation sites is 1. The first-order valence-electron chi connectivity index (χ1n) is 5.56. The van der Waals surface area contributed by atoms with E-state index in [0.29, 0.717) is 5.69 Å². The minimum absolute atomic E-state index is 0.0848. The molecule has 3 heteroatoms. The van der Waals surface area contributed by atoms with Crippen LogP contribution in [0.3, 0.4) is 0 Å². The van der Waals surface area contributed by atoms with Gasteiger partial charge in [0.25, 0.3) is 0 Å². The van der Waals surface area contributed by atoms with Gasteiger partial charge in [-0.2, -0.15) is 0 Å². The average molecular weight is 221 g/mol. The molecule has 1 aromatic rings. The topological polar surface area (TPSA) is 63.3 Å². The zero-order chi connectivity index (χ0) is 12.3. The van der Waals surface area contributed by atoms with Crippen LogP contribution in [0.1, 0.15) is 37.3 Å². The summed E-state index contributed by atoms with van der Waals surface area (Å²) in [6.07, 6.45) is 0.824. The molecule has 3 N–H and O–H groups in total. The Morgan fingerprint density at radius 2 is 2.12 bits per heavy atom. The Morgan fingerprint density at radius 1 is 1.50 bits per heavy atom. The molecule has 1 aromatic carbocycles. The molecule has 0 aromatic heterocycles. The molecule has 0 radical (unpaired) electrons. The van der Waals surface area contributed by atoms with Gasteiger partial charge >= 0.3 is 5.97 Å². The van der Waals surface area contributed by atoms with E-state index < -0.39 is 11.9 Å². The van der Waals surface area contributed by atoms with Crippen LogP contribution in [-0.4, -0.2) is 11.1 Å². The number of hydrogen-bond donors (Lipinski definition) is 2. The molecule has 0 aliphatic carbocycles. The predicted octanol–water partition coefficient (Wildman–Crippen LogP) is 2.79. The number of aliphatic carboxylic acids is 1. The summed E-state index contributed by atoms with van der Waals surface area (Å²) in [6, 6.07) is 5.57. The van der Waals surface area contributed by atoms with E-state index in [9.17, 15) is 9.90 Å². The molecular formula is C13H19NO2. The van der Waals surface area contributed by atoms with Crippen molar-refractivity contribution in [1.82, 2.24) is 0 Å². The Morgan fingerprint density at radius 3 is 2.62 bits per heavy atom. The van der Waals surface area contributed by atoms with E-state index in [0.717, 1.165) is 17.5 Å². The Balaban J connectivity index is 3.21. The third-order valence-electron chi connectivity index (χ3n) is 3.17. The van der Waals surface area contributed by atoms with E-state index >= 15 is 0 Å². The van der Waals surface area contributed by atoms with Crippen molar-refractivity contribution in [2.75, 3.05) is 5.73 Å². The Kier molecular flexibility index (Phi) is 3.93. The highest BCUT2D eigenvalue weighted by Crippen LogP contribution is 2.32. The van der Waals surface area contributed by atoms with Crippen molar-refractivity contribution < 1.29 is 9.90 Å². The maximum Gasteiger partial charge on any atom is 0.311 e.